The van der Waals surface area contributed by atoms with Gasteiger partial charge in [-0.25, -0.2) is 0 Å². The molecule has 0 saturated carbocycles. The van der Waals surface area contributed by atoms with Gasteiger partial charge in [-0.05, 0) is 54.4 Å². The molecule has 0 aliphatic carbocycles. The van der Waals surface area contributed by atoms with E-state index in [4.69, 9.17) is 4.43 Å². The van der Waals surface area contributed by atoms with Crippen LogP contribution in [0.1, 0.15) is 76.4 Å². The molecular formula is C26H40OSi. The zero-order chi connectivity index (χ0) is 20.4. The van der Waals surface area contributed by atoms with Crippen LogP contribution in [0.3, 0.4) is 0 Å². The summed E-state index contributed by atoms with van der Waals surface area (Å²) >= 11 is 0. The van der Waals surface area contributed by atoms with Gasteiger partial charge in [0.15, 0.2) is 8.32 Å². The summed E-state index contributed by atoms with van der Waals surface area (Å²) in [7, 11) is -1.69. The van der Waals surface area contributed by atoms with E-state index in [0.29, 0.717) is 0 Å². The summed E-state index contributed by atoms with van der Waals surface area (Å²) in [5, 5.41) is 2.58. The number of hydrogen-bond donors (Lipinski definition) is 0. The lowest BCUT2D eigenvalue weighted by Gasteiger charge is -2.29. The maximum Gasteiger partial charge on any atom is 0.185 e. The molecule has 2 aromatic rings. The normalized spacial score (nSPS) is 13.0. The first-order valence-corrected chi connectivity index (χ1v) is 14.7. The zero-order valence-corrected chi connectivity index (χ0v) is 19.6. The standard InChI is InChI=1S/C26H40OSi/c1-6-7-8-9-10-11-12-13-17-22(2)26(27-28(3,4)5)25-21-16-19-23-18-14-15-20-24(23)25/h14-16,18-21,26H,2,6-13,17H2,1,3-5H3. The van der Waals surface area contributed by atoms with Crippen molar-refractivity contribution < 1.29 is 4.43 Å². The minimum absolute atomic E-state index is 0.0160. The van der Waals surface area contributed by atoms with Crippen LogP contribution in [-0.4, -0.2) is 8.32 Å². The van der Waals surface area contributed by atoms with Crippen LogP contribution in [0.5, 0.6) is 0 Å². The predicted octanol–water partition coefficient (Wildman–Crippen LogP) is 8.82. The van der Waals surface area contributed by atoms with E-state index in [9.17, 15) is 0 Å². The van der Waals surface area contributed by atoms with Crippen LogP contribution in [0.4, 0.5) is 0 Å². The van der Waals surface area contributed by atoms with Gasteiger partial charge in [0, 0.05) is 0 Å². The van der Waals surface area contributed by atoms with E-state index < -0.39 is 8.32 Å². The van der Waals surface area contributed by atoms with Gasteiger partial charge in [-0.3, -0.25) is 0 Å². The van der Waals surface area contributed by atoms with Crippen LogP contribution in [0.15, 0.2) is 54.6 Å². The molecule has 1 atom stereocenters. The summed E-state index contributed by atoms with van der Waals surface area (Å²) in [6.07, 6.45) is 11.8. The second-order valence-electron chi connectivity index (χ2n) is 9.06. The third-order valence-electron chi connectivity index (χ3n) is 5.30. The van der Waals surface area contributed by atoms with Gasteiger partial charge in [-0.2, -0.15) is 0 Å². The van der Waals surface area contributed by atoms with Gasteiger partial charge >= 0.3 is 0 Å². The average Bonchev–Trinajstić information content (AvgIpc) is 2.67. The molecule has 28 heavy (non-hydrogen) atoms. The third-order valence-corrected chi connectivity index (χ3v) is 6.24. The Morgan fingerprint density at radius 1 is 0.857 bits per heavy atom. The van der Waals surface area contributed by atoms with E-state index in [1.165, 1.54) is 73.3 Å². The smallest absolute Gasteiger partial charge is 0.185 e. The lowest BCUT2D eigenvalue weighted by atomic mass is 9.93. The van der Waals surface area contributed by atoms with Gasteiger partial charge in [0.05, 0.1) is 6.10 Å². The first-order valence-electron chi connectivity index (χ1n) is 11.3. The molecule has 0 aliphatic rings. The van der Waals surface area contributed by atoms with Gasteiger partial charge in [-0.15, -0.1) is 0 Å². The van der Waals surface area contributed by atoms with Crippen molar-refractivity contribution in [2.24, 2.45) is 0 Å². The first kappa shape index (κ1) is 22.9. The van der Waals surface area contributed by atoms with Gasteiger partial charge in [0.2, 0.25) is 0 Å². The Morgan fingerprint density at radius 2 is 1.46 bits per heavy atom. The highest BCUT2D eigenvalue weighted by molar-refractivity contribution is 6.69. The van der Waals surface area contributed by atoms with E-state index in [2.05, 4.69) is 75.6 Å². The molecule has 1 unspecified atom stereocenters. The van der Waals surface area contributed by atoms with Crippen molar-refractivity contribution in [1.29, 1.82) is 0 Å². The summed E-state index contributed by atoms with van der Waals surface area (Å²) in [6, 6.07) is 15.2. The van der Waals surface area contributed by atoms with Crippen LogP contribution >= 0.6 is 0 Å². The quantitative estimate of drug-likeness (QED) is 0.187. The molecule has 0 saturated heterocycles. The molecule has 1 nitrogen and oxygen atoms in total. The second-order valence-corrected chi connectivity index (χ2v) is 13.5. The third kappa shape index (κ3) is 7.56. The largest absolute Gasteiger partial charge is 0.407 e. The Hall–Kier alpha value is -1.38. The highest BCUT2D eigenvalue weighted by Gasteiger charge is 2.25. The first-order chi connectivity index (χ1) is 13.4. The molecule has 0 aliphatic heterocycles. The second kappa shape index (κ2) is 11.6. The summed E-state index contributed by atoms with van der Waals surface area (Å²) in [6.45, 7) is 13.6. The summed E-state index contributed by atoms with van der Waals surface area (Å²) in [5.41, 5.74) is 2.52. The Morgan fingerprint density at radius 3 is 2.14 bits per heavy atom. The SMILES string of the molecule is C=C(CCCCCCCCCC)C(O[Si](C)(C)C)c1cccc2ccccc12. The van der Waals surface area contributed by atoms with E-state index in [0.717, 1.165) is 6.42 Å². The molecule has 0 spiro atoms. The number of hydrogen-bond acceptors (Lipinski definition) is 1. The summed E-state index contributed by atoms with van der Waals surface area (Å²) in [4.78, 5) is 0. The van der Waals surface area contributed by atoms with Crippen molar-refractivity contribution in [3.8, 4) is 0 Å². The minimum Gasteiger partial charge on any atom is -0.407 e. The van der Waals surface area contributed by atoms with Gasteiger partial charge in [-0.1, -0.05) is 101 Å². The molecule has 0 heterocycles. The van der Waals surface area contributed by atoms with Crippen molar-refractivity contribution in [3.05, 3.63) is 60.2 Å². The Labute approximate surface area is 174 Å². The number of benzene rings is 2. The Kier molecular flexibility index (Phi) is 9.47. The Bertz CT molecular complexity index is 723. The lowest BCUT2D eigenvalue weighted by Crippen LogP contribution is -2.28. The van der Waals surface area contributed by atoms with E-state index in [-0.39, 0.29) is 6.10 Å². The molecule has 0 fully saturated rings. The molecule has 2 heteroatoms. The minimum atomic E-state index is -1.69. The number of unbranched alkanes of at least 4 members (excludes halogenated alkanes) is 7. The molecular weight excluding hydrogens is 356 g/mol. The lowest BCUT2D eigenvalue weighted by molar-refractivity contribution is 0.232. The van der Waals surface area contributed by atoms with Crippen molar-refractivity contribution in [3.63, 3.8) is 0 Å². The molecule has 0 bridgehead atoms. The molecule has 0 aromatic heterocycles. The molecule has 2 aromatic carbocycles. The van der Waals surface area contributed by atoms with Gasteiger partial charge < -0.3 is 4.43 Å². The maximum absolute atomic E-state index is 6.66. The monoisotopic (exact) mass is 396 g/mol. The predicted molar refractivity (Wildman–Crippen MR) is 127 cm³/mol. The fourth-order valence-electron chi connectivity index (χ4n) is 3.82. The van der Waals surface area contributed by atoms with E-state index in [1.807, 2.05) is 0 Å². The highest BCUT2D eigenvalue weighted by atomic mass is 28.4. The van der Waals surface area contributed by atoms with Crippen LogP contribution < -0.4 is 0 Å². The highest BCUT2D eigenvalue weighted by Crippen LogP contribution is 2.35. The van der Waals surface area contributed by atoms with Gasteiger partial charge in [0.1, 0.15) is 0 Å². The molecule has 0 amide bonds. The van der Waals surface area contributed by atoms with E-state index in [1.54, 1.807) is 0 Å². The van der Waals surface area contributed by atoms with Gasteiger partial charge in [0.25, 0.3) is 0 Å². The fraction of sp³-hybridized carbons (Fsp3) is 0.538. The fourth-order valence-corrected chi connectivity index (χ4v) is 4.82. The van der Waals surface area contributed by atoms with Crippen LogP contribution in [0, 0.1) is 0 Å². The number of rotatable bonds is 13. The zero-order valence-electron chi connectivity index (χ0n) is 18.6. The van der Waals surface area contributed by atoms with Crippen LogP contribution in [-0.2, 0) is 4.43 Å². The summed E-state index contributed by atoms with van der Waals surface area (Å²) in [5.74, 6) is 0. The molecule has 0 N–H and O–H groups in total. The van der Waals surface area contributed by atoms with Crippen molar-refractivity contribution in [2.75, 3.05) is 0 Å². The van der Waals surface area contributed by atoms with E-state index >= 15 is 0 Å². The Balaban J connectivity index is 2.00. The van der Waals surface area contributed by atoms with Crippen molar-refractivity contribution in [1.82, 2.24) is 0 Å². The molecule has 2 rings (SSSR count). The average molecular weight is 397 g/mol. The van der Waals surface area contributed by atoms with Crippen LogP contribution in [0.2, 0.25) is 19.6 Å². The topological polar surface area (TPSA) is 9.23 Å². The summed E-state index contributed by atoms with van der Waals surface area (Å²) < 4.78 is 6.66. The number of fused-ring (bicyclic) bond motifs is 1. The molecule has 154 valence electrons. The van der Waals surface area contributed by atoms with Crippen molar-refractivity contribution >= 4 is 19.1 Å². The van der Waals surface area contributed by atoms with Crippen LogP contribution in [0.25, 0.3) is 10.8 Å². The molecule has 0 radical (unpaired) electrons. The maximum atomic E-state index is 6.66. The van der Waals surface area contributed by atoms with Crippen molar-refractivity contribution in [2.45, 2.75) is 90.5 Å².